The fourth-order valence-corrected chi connectivity index (χ4v) is 4.21. The van der Waals surface area contributed by atoms with Gasteiger partial charge >= 0.3 is 0 Å². The molecule has 0 amide bonds. The lowest BCUT2D eigenvalue weighted by molar-refractivity contribution is 0.215. The summed E-state index contributed by atoms with van der Waals surface area (Å²) in [5, 5.41) is 3.27. The van der Waals surface area contributed by atoms with Gasteiger partial charge in [0.15, 0.2) is 0 Å². The normalized spacial score (nSPS) is 21.2. The zero-order valence-corrected chi connectivity index (χ0v) is 13.2. The Morgan fingerprint density at radius 3 is 2.22 bits per heavy atom. The second-order valence-corrected chi connectivity index (χ2v) is 8.60. The fourth-order valence-electron chi connectivity index (χ4n) is 2.25. The molecular weight excluding hydrogens is 248 g/mol. The average Bonchev–Trinajstić information content (AvgIpc) is 2.26. The predicted molar refractivity (Wildman–Crippen MR) is 76.1 cm³/mol. The number of nitrogens with zero attached hydrogens (tertiary/aromatic N) is 1. The van der Waals surface area contributed by atoms with Gasteiger partial charge in [0.2, 0.25) is 10.0 Å². The lowest BCUT2D eigenvalue weighted by Crippen LogP contribution is -2.45. The van der Waals surface area contributed by atoms with Crippen LogP contribution in [0.15, 0.2) is 0 Å². The second kappa shape index (κ2) is 5.88. The van der Waals surface area contributed by atoms with E-state index >= 15 is 0 Å². The van der Waals surface area contributed by atoms with Gasteiger partial charge in [0.25, 0.3) is 0 Å². The van der Waals surface area contributed by atoms with Crippen molar-refractivity contribution < 1.29 is 8.42 Å². The van der Waals surface area contributed by atoms with Crippen LogP contribution in [0.2, 0.25) is 0 Å². The molecule has 0 radical (unpaired) electrons. The first-order chi connectivity index (χ1) is 8.14. The Morgan fingerprint density at radius 2 is 1.78 bits per heavy atom. The molecule has 1 saturated heterocycles. The minimum Gasteiger partial charge on any atom is -0.317 e. The molecule has 0 bridgehead atoms. The molecule has 0 aromatic rings. The predicted octanol–water partition coefficient (Wildman–Crippen LogP) is 1.68. The van der Waals surface area contributed by atoms with E-state index in [0.29, 0.717) is 11.7 Å². The maximum atomic E-state index is 12.4. The van der Waals surface area contributed by atoms with Crippen LogP contribution in [0.1, 0.15) is 40.5 Å². The van der Waals surface area contributed by atoms with Crippen LogP contribution < -0.4 is 5.32 Å². The third kappa shape index (κ3) is 4.21. The Bertz CT molecular complexity index is 354. The highest BCUT2D eigenvalue weighted by atomic mass is 32.2. The Morgan fingerprint density at radius 1 is 1.28 bits per heavy atom. The second-order valence-electron chi connectivity index (χ2n) is 6.53. The minimum atomic E-state index is -3.14. The monoisotopic (exact) mass is 276 g/mol. The summed E-state index contributed by atoms with van der Waals surface area (Å²) in [7, 11) is -1.42. The van der Waals surface area contributed by atoms with Gasteiger partial charge in [-0.3, -0.25) is 0 Å². The molecule has 1 atom stereocenters. The van der Waals surface area contributed by atoms with Gasteiger partial charge in [-0.25, -0.2) is 12.7 Å². The highest BCUT2D eigenvalue weighted by Gasteiger charge is 2.33. The third-order valence-electron chi connectivity index (χ3n) is 4.14. The zero-order chi connectivity index (χ0) is 14.0. The van der Waals surface area contributed by atoms with Crippen LogP contribution in [0.3, 0.4) is 0 Å². The van der Waals surface area contributed by atoms with Gasteiger partial charge in [-0.05, 0) is 44.2 Å². The van der Waals surface area contributed by atoms with Gasteiger partial charge in [0.05, 0.1) is 5.75 Å². The number of sulfonamides is 1. The van der Waals surface area contributed by atoms with E-state index in [-0.39, 0.29) is 11.5 Å². The van der Waals surface area contributed by atoms with Crippen molar-refractivity contribution in [1.82, 2.24) is 9.62 Å². The SMILES string of the molecule is CC(N(C)S(=O)(=O)CC1CCNCC1)C(C)(C)C. The van der Waals surface area contributed by atoms with Gasteiger partial charge in [-0.15, -0.1) is 0 Å². The van der Waals surface area contributed by atoms with Crippen molar-refractivity contribution >= 4 is 10.0 Å². The smallest absolute Gasteiger partial charge is 0.214 e. The summed E-state index contributed by atoms with van der Waals surface area (Å²) in [6, 6.07) is 0.0178. The molecule has 1 aliphatic heterocycles. The first kappa shape index (κ1) is 15.9. The number of hydrogen-bond donors (Lipinski definition) is 1. The summed E-state index contributed by atoms with van der Waals surface area (Å²) in [5.74, 6) is 0.608. The van der Waals surface area contributed by atoms with Gasteiger partial charge in [0, 0.05) is 13.1 Å². The summed E-state index contributed by atoms with van der Waals surface area (Å²) in [5.41, 5.74) is -0.0318. The minimum absolute atomic E-state index is 0.0178. The maximum absolute atomic E-state index is 12.4. The average molecular weight is 276 g/mol. The zero-order valence-electron chi connectivity index (χ0n) is 12.4. The van der Waals surface area contributed by atoms with E-state index in [1.54, 1.807) is 11.4 Å². The molecule has 1 rings (SSSR count). The van der Waals surface area contributed by atoms with E-state index in [1.807, 2.05) is 6.92 Å². The van der Waals surface area contributed by atoms with Crippen molar-refractivity contribution in [2.24, 2.45) is 11.3 Å². The molecule has 0 saturated carbocycles. The lowest BCUT2D eigenvalue weighted by Gasteiger charge is -2.35. The van der Waals surface area contributed by atoms with Crippen LogP contribution in [0.25, 0.3) is 0 Å². The van der Waals surface area contributed by atoms with E-state index in [2.05, 4.69) is 26.1 Å². The lowest BCUT2D eigenvalue weighted by atomic mass is 9.88. The standard InChI is InChI=1S/C13H28N2O2S/c1-11(13(2,3)4)15(5)18(16,17)10-12-6-8-14-9-7-12/h11-12,14H,6-10H2,1-5H3. The van der Waals surface area contributed by atoms with Gasteiger partial charge < -0.3 is 5.32 Å². The molecular formula is C13H28N2O2S. The van der Waals surface area contributed by atoms with Crippen LogP contribution >= 0.6 is 0 Å². The van der Waals surface area contributed by atoms with E-state index in [9.17, 15) is 8.42 Å². The largest absolute Gasteiger partial charge is 0.317 e. The summed E-state index contributed by atoms with van der Waals surface area (Å²) in [6.07, 6.45) is 1.94. The van der Waals surface area contributed by atoms with Crippen LogP contribution in [0.5, 0.6) is 0 Å². The first-order valence-electron chi connectivity index (χ1n) is 6.81. The Balaban J connectivity index is 2.67. The van der Waals surface area contributed by atoms with Crippen molar-refractivity contribution in [3.8, 4) is 0 Å². The summed E-state index contributed by atoms with van der Waals surface area (Å²) in [4.78, 5) is 0. The molecule has 5 heteroatoms. The molecule has 1 aliphatic rings. The maximum Gasteiger partial charge on any atom is 0.214 e. The molecule has 18 heavy (non-hydrogen) atoms. The van der Waals surface area contributed by atoms with Crippen molar-refractivity contribution in [3.63, 3.8) is 0 Å². The van der Waals surface area contributed by atoms with Crippen molar-refractivity contribution in [3.05, 3.63) is 0 Å². The van der Waals surface area contributed by atoms with Gasteiger partial charge in [0.1, 0.15) is 0 Å². The van der Waals surface area contributed by atoms with Gasteiger partial charge in [-0.2, -0.15) is 0 Å². The molecule has 1 fully saturated rings. The van der Waals surface area contributed by atoms with Crippen LogP contribution in [-0.4, -0.2) is 44.7 Å². The first-order valence-corrected chi connectivity index (χ1v) is 8.42. The molecule has 0 aromatic carbocycles. The van der Waals surface area contributed by atoms with Crippen LogP contribution in [-0.2, 0) is 10.0 Å². The summed E-state index contributed by atoms with van der Waals surface area (Å²) >= 11 is 0. The number of piperidine rings is 1. The summed E-state index contributed by atoms with van der Waals surface area (Å²) in [6.45, 7) is 10.1. The van der Waals surface area contributed by atoms with E-state index in [0.717, 1.165) is 25.9 Å². The molecule has 108 valence electrons. The van der Waals surface area contributed by atoms with Crippen molar-refractivity contribution in [2.75, 3.05) is 25.9 Å². The molecule has 0 aromatic heterocycles. The van der Waals surface area contributed by atoms with Crippen LogP contribution in [0.4, 0.5) is 0 Å². The van der Waals surface area contributed by atoms with Crippen molar-refractivity contribution in [1.29, 1.82) is 0 Å². The highest BCUT2D eigenvalue weighted by molar-refractivity contribution is 7.89. The van der Waals surface area contributed by atoms with E-state index in [4.69, 9.17) is 0 Å². The summed E-state index contributed by atoms with van der Waals surface area (Å²) < 4.78 is 26.3. The van der Waals surface area contributed by atoms with Crippen molar-refractivity contribution in [2.45, 2.75) is 46.6 Å². The fraction of sp³-hybridized carbons (Fsp3) is 1.00. The Labute approximate surface area is 112 Å². The van der Waals surface area contributed by atoms with E-state index < -0.39 is 10.0 Å². The number of rotatable bonds is 4. The molecule has 1 N–H and O–H groups in total. The Kier molecular flexibility index (Phi) is 5.21. The van der Waals surface area contributed by atoms with Crippen LogP contribution in [0, 0.1) is 11.3 Å². The molecule has 1 unspecified atom stereocenters. The molecule has 0 aliphatic carbocycles. The van der Waals surface area contributed by atoms with E-state index in [1.165, 1.54) is 0 Å². The quantitative estimate of drug-likeness (QED) is 0.850. The molecule has 4 nitrogen and oxygen atoms in total. The molecule has 0 spiro atoms. The number of hydrogen-bond acceptors (Lipinski definition) is 3. The third-order valence-corrected chi connectivity index (χ3v) is 6.23. The highest BCUT2D eigenvalue weighted by Crippen LogP contribution is 2.26. The topological polar surface area (TPSA) is 49.4 Å². The molecule has 1 heterocycles. The number of nitrogens with one attached hydrogen (secondary N) is 1. The Hall–Kier alpha value is -0.130. The van der Waals surface area contributed by atoms with Gasteiger partial charge in [-0.1, -0.05) is 20.8 Å².